The number of halogens is 2. The highest BCUT2D eigenvalue weighted by atomic mass is 35.5. The van der Waals surface area contributed by atoms with Crippen molar-refractivity contribution in [2.75, 3.05) is 19.6 Å². The van der Waals surface area contributed by atoms with Gasteiger partial charge in [-0.1, -0.05) is 0 Å². The Bertz CT molecular complexity index is 115. The van der Waals surface area contributed by atoms with Crippen molar-refractivity contribution in [3.8, 4) is 0 Å². The van der Waals surface area contributed by atoms with Gasteiger partial charge in [-0.2, -0.15) is 0 Å². The maximum Gasteiger partial charge on any atom is 0.133 e. The zero-order valence-corrected chi connectivity index (χ0v) is 7.15. The molecular weight excluding hydrogens is 169 g/mol. The molecular formula is C7H13ClFNO. The van der Waals surface area contributed by atoms with E-state index in [0.717, 1.165) is 19.4 Å². The summed E-state index contributed by atoms with van der Waals surface area (Å²) in [4.78, 5) is 12.0. The fourth-order valence-corrected chi connectivity index (χ4v) is 1.19. The average Bonchev–Trinajstić information content (AvgIpc) is 1.95. The topological polar surface area (TPSA) is 20.3 Å². The quantitative estimate of drug-likeness (QED) is 0.594. The molecule has 1 heterocycles. The molecule has 0 aliphatic carbocycles. The number of alkyl halides is 1. The molecule has 0 saturated carbocycles. The van der Waals surface area contributed by atoms with Crippen molar-refractivity contribution < 1.29 is 9.18 Å². The van der Waals surface area contributed by atoms with E-state index >= 15 is 0 Å². The van der Waals surface area contributed by atoms with Gasteiger partial charge in [0.25, 0.3) is 0 Å². The van der Waals surface area contributed by atoms with Crippen LogP contribution >= 0.6 is 12.4 Å². The fraction of sp³-hybridized carbons (Fsp3) is 0.857. The van der Waals surface area contributed by atoms with Gasteiger partial charge >= 0.3 is 0 Å². The van der Waals surface area contributed by atoms with Gasteiger partial charge in [0.05, 0.1) is 6.54 Å². The van der Waals surface area contributed by atoms with Crippen LogP contribution in [-0.4, -0.2) is 37.0 Å². The summed E-state index contributed by atoms with van der Waals surface area (Å²) in [5.41, 5.74) is 0. The van der Waals surface area contributed by atoms with E-state index in [1.165, 1.54) is 0 Å². The summed E-state index contributed by atoms with van der Waals surface area (Å²) in [5.74, 6) is 0. The number of aldehydes is 1. The number of nitrogens with zero attached hydrogens (tertiary/aromatic N) is 1. The first-order chi connectivity index (χ1) is 4.83. The minimum absolute atomic E-state index is 0. The zero-order valence-electron chi connectivity index (χ0n) is 6.33. The van der Waals surface area contributed by atoms with Gasteiger partial charge in [-0.05, 0) is 12.8 Å². The largest absolute Gasteiger partial charge is 0.302 e. The van der Waals surface area contributed by atoms with Crippen molar-refractivity contribution in [1.29, 1.82) is 0 Å². The molecule has 1 fully saturated rings. The second-order valence-corrected chi connectivity index (χ2v) is 2.64. The van der Waals surface area contributed by atoms with Gasteiger partial charge in [0.2, 0.25) is 0 Å². The molecule has 1 aliphatic rings. The highest BCUT2D eigenvalue weighted by Crippen LogP contribution is 2.11. The Balaban J connectivity index is 0.000001000. The molecule has 1 aliphatic heterocycles. The van der Waals surface area contributed by atoms with Crippen LogP contribution in [0.25, 0.3) is 0 Å². The molecule has 0 aromatic rings. The molecule has 0 radical (unpaired) electrons. The molecule has 0 N–H and O–H groups in total. The molecule has 0 atom stereocenters. The molecule has 0 aromatic carbocycles. The number of carbonyl (C=O) groups excluding carboxylic acids is 1. The number of hydrogen-bond donors (Lipinski definition) is 0. The monoisotopic (exact) mass is 181 g/mol. The molecule has 2 nitrogen and oxygen atoms in total. The summed E-state index contributed by atoms with van der Waals surface area (Å²) in [6, 6.07) is 0. The van der Waals surface area contributed by atoms with Crippen LogP contribution in [0.5, 0.6) is 0 Å². The number of carbonyl (C=O) groups is 1. The van der Waals surface area contributed by atoms with E-state index in [4.69, 9.17) is 0 Å². The van der Waals surface area contributed by atoms with Crippen LogP contribution in [0.3, 0.4) is 0 Å². The normalized spacial score (nSPS) is 20.8. The molecule has 0 spiro atoms. The van der Waals surface area contributed by atoms with Crippen LogP contribution < -0.4 is 0 Å². The zero-order chi connectivity index (χ0) is 7.40. The number of rotatable bonds is 2. The van der Waals surface area contributed by atoms with E-state index in [1.807, 2.05) is 4.90 Å². The summed E-state index contributed by atoms with van der Waals surface area (Å²) < 4.78 is 12.5. The Hall–Kier alpha value is -0.150. The summed E-state index contributed by atoms with van der Waals surface area (Å²) in [6.45, 7) is 1.94. The first kappa shape index (κ1) is 10.8. The Morgan fingerprint density at radius 3 is 2.45 bits per heavy atom. The Morgan fingerprint density at radius 2 is 2.00 bits per heavy atom. The van der Waals surface area contributed by atoms with Gasteiger partial charge in [-0.3, -0.25) is 4.90 Å². The molecule has 1 saturated heterocycles. The summed E-state index contributed by atoms with van der Waals surface area (Å²) in [6.07, 6.45) is 1.42. The molecule has 1 rings (SSSR count). The van der Waals surface area contributed by atoms with Gasteiger partial charge in [0, 0.05) is 13.1 Å². The van der Waals surface area contributed by atoms with Crippen LogP contribution in [0.15, 0.2) is 0 Å². The van der Waals surface area contributed by atoms with Crippen molar-refractivity contribution in [3.05, 3.63) is 0 Å². The first-order valence-electron chi connectivity index (χ1n) is 3.63. The third-order valence-corrected chi connectivity index (χ3v) is 1.85. The summed E-state index contributed by atoms with van der Waals surface area (Å²) >= 11 is 0. The summed E-state index contributed by atoms with van der Waals surface area (Å²) in [5, 5.41) is 0. The molecule has 4 heteroatoms. The first-order valence-corrected chi connectivity index (χ1v) is 3.63. The molecule has 0 bridgehead atoms. The fourth-order valence-electron chi connectivity index (χ4n) is 1.19. The molecule has 66 valence electrons. The summed E-state index contributed by atoms with van der Waals surface area (Å²) in [7, 11) is 0. The second kappa shape index (κ2) is 5.49. The minimum atomic E-state index is -0.636. The van der Waals surface area contributed by atoms with Gasteiger partial charge in [-0.25, -0.2) is 4.39 Å². The number of piperidine rings is 1. The van der Waals surface area contributed by atoms with Crippen molar-refractivity contribution >= 4 is 18.7 Å². The van der Waals surface area contributed by atoms with Crippen LogP contribution in [0.2, 0.25) is 0 Å². The van der Waals surface area contributed by atoms with Crippen LogP contribution in [0, 0.1) is 0 Å². The van der Waals surface area contributed by atoms with E-state index in [9.17, 15) is 9.18 Å². The van der Waals surface area contributed by atoms with Crippen molar-refractivity contribution in [2.45, 2.75) is 19.0 Å². The number of hydrogen-bond acceptors (Lipinski definition) is 2. The van der Waals surface area contributed by atoms with Crippen molar-refractivity contribution in [2.24, 2.45) is 0 Å². The Morgan fingerprint density at radius 1 is 1.45 bits per heavy atom. The number of likely N-dealkylation sites (tertiary alicyclic amines) is 1. The van der Waals surface area contributed by atoms with E-state index in [-0.39, 0.29) is 12.4 Å². The SMILES string of the molecule is Cl.O=CCN1CCC(F)CC1. The second-order valence-electron chi connectivity index (χ2n) is 2.64. The Labute approximate surface area is 72.2 Å². The predicted octanol–water partition coefficient (Wildman–Crippen LogP) is 1.04. The van der Waals surface area contributed by atoms with Crippen molar-refractivity contribution in [3.63, 3.8) is 0 Å². The van der Waals surface area contributed by atoms with Crippen LogP contribution in [0.1, 0.15) is 12.8 Å². The third kappa shape index (κ3) is 3.68. The van der Waals surface area contributed by atoms with Gasteiger partial charge in [-0.15, -0.1) is 12.4 Å². The smallest absolute Gasteiger partial charge is 0.133 e. The average molecular weight is 182 g/mol. The van der Waals surface area contributed by atoms with Crippen LogP contribution in [-0.2, 0) is 4.79 Å². The lowest BCUT2D eigenvalue weighted by Gasteiger charge is -2.26. The van der Waals surface area contributed by atoms with E-state index in [0.29, 0.717) is 19.4 Å². The van der Waals surface area contributed by atoms with Gasteiger partial charge in [0.1, 0.15) is 12.5 Å². The lowest BCUT2D eigenvalue weighted by Crippen LogP contribution is -2.35. The molecule has 0 amide bonds. The lowest BCUT2D eigenvalue weighted by molar-refractivity contribution is -0.109. The van der Waals surface area contributed by atoms with Gasteiger partial charge < -0.3 is 4.79 Å². The minimum Gasteiger partial charge on any atom is -0.302 e. The van der Waals surface area contributed by atoms with Crippen LogP contribution in [0.4, 0.5) is 4.39 Å². The third-order valence-electron chi connectivity index (χ3n) is 1.85. The lowest BCUT2D eigenvalue weighted by atomic mass is 10.1. The Kier molecular flexibility index (Phi) is 5.42. The highest BCUT2D eigenvalue weighted by Gasteiger charge is 2.16. The maximum atomic E-state index is 12.5. The highest BCUT2D eigenvalue weighted by molar-refractivity contribution is 5.85. The molecule has 0 aromatic heterocycles. The standard InChI is InChI=1S/C7H12FNO.ClH/c8-7-1-3-9(4-2-7)5-6-10;/h6-7H,1-5H2;1H. The van der Waals surface area contributed by atoms with E-state index < -0.39 is 6.17 Å². The predicted molar refractivity (Wildman–Crippen MR) is 43.9 cm³/mol. The van der Waals surface area contributed by atoms with E-state index in [1.54, 1.807) is 0 Å². The van der Waals surface area contributed by atoms with Gasteiger partial charge in [0.15, 0.2) is 0 Å². The molecule has 0 unspecified atom stereocenters. The van der Waals surface area contributed by atoms with Crippen molar-refractivity contribution in [1.82, 2.24) is 4.90 Å². The molecule has 11 heavy (non-hydrogen) atoms. The maximum absolute atomic E-state index is 12.5. The van der Waals surface area contributed by atoms with E-state index in [2.05, 4.69) is 0 Å².